The number of nitrogens with zero attached hydrogens (tertiary/aromatic N) is 1. The van der Waals surface area contributed by atoms with E-state index in [0.29, 0.717) is 13.1 Å². The van der Waals surface area contributed by atoms with E-state index in [1.807, 2.05) is 56.3 Å². The summed E-state index contributed by atoms with van der Waals surface area (Å²) in [4.78, 5) is 26.2. The Morgan fingerprint density at radius 2 is 1.64 bits per heavy atom. The lowest BCUT2D eigenvalue weighted by Gasteiger charge is -2.27. The van der Waals surface area contributed by atoms with Gasteiger partial charge >= 0.3 is 6.03 Å². The smallest absolute Gasteiger partial charge is 0.315 e. The predicted octanol–water partition coefficient (Wildman–Crippen LogP) is 3.66. The molecule has 2 aromatic carbocycles. The molecule has 150 valence electrons. The number of urea groups is 1. The van der Waals surface area contributed by atoms with Crippen LogP contribution in [0.2, 0.25) is 0 Å². The van der Waals surface area contributed by atoms with E-state index >= 15 is 0 Å². The summed E-state index contributed by atoms with van der Waals surface area (Å²) < 4.78 is 0. The molecule has 0 spiro atoms. The Morgan fingerprint density at radius 3 is 2.32 bits per heavy atom. The van der Waals surface area contributed by atoms with E-state index in [9.17, 15) is 9.59 Å². The minimum absolute atomic E-state index is 0.00308. The topological polar surface area (TPSA) is 61.4 Å². The zero-order chi connectivity index (χ0) is 20.6. The Kier molecular flexibility index (Phi) is 7.61. The van der Waals surface area contributed by atoms with Crippen LogP contribution in [0.4, 0.5) is 4.79 Å². The van der Waals surface area contributed by atoms with Crippen LogP contribution in [0.25, 0.3) is 0 Å². The monoisotopic (exact) mass is 381 g/mol. The molecule has 3 amide bonds. The van der Waals surface area contributed by atoms with Gasteiger partial charge in [-0.2, -0.15) is 0 Å². The average molecular weight is 382 g/mol. The maximum atomic E-state index is 12.2. The van der Waals surface area contributed by atoms with Crippen LogP contribution < -0.4 is 10.6 Å². The van der Waals surface area contributed by atoms with Crippen molar-refractivity contribution < 1.29 is 9.59 Å². The zero-order valence-corrected chi connectivity index (χ0v) is 17.3. The lowest BCUT2D eigenvalue weighted by Crippen LogP contribution is -2.50. The minimum Gasteiger partial charge on any atom is -0.341 e. The van der Waals surface area contributed by atoms with Gasteiger partial charge in [-0.1, -0.05) is 54.6 Å². The third-order valence-corrected chi connectivity index (χ3v) is 4.66. The van der Waals surface area contributed by atoms with Crippen molar-refractivity contribution in [3.63, 3.8) is 0 Å². The van der Waals surface area contributed by atoms with Gasteiger partial charge in [0.25, 0.3) is 0 Å². The molecule has 2 N–H and O–H groups in total. The second-order valence-electron chi connectivity index (χ2n) is 7.85. The molecule has 0 fully saturated rings. The SMILES string of the molecule is Cc1ccccc1CC(C)(C)NC(=O)NCCC(=O)N(C)Cc1ccccc1. The molecule has 5 heteroatoms. The summed E-state index contributed by atoms with van der Waals surface area (Å²) in [6.45, 7) is 6.94. The number of hydrogen-bond acceptors (Lipinski definition) is 2. The molecule has 0 atom stereocenters. The highest BCUT2D eigenvalue weighted by Gasteiger charge is 2.21. The van der Waals surface area contributed by atoms with E-state index in [1.165, 1.54) is 11.1 Å². The van der Waals surface area contributed by atoms with Crippen LogP contribution in [-0.4, -0.2) is 36.0 Å². The molecule has 5 nitrogen and oxygen atoms in total. The van der Waals surface area contributed by atoms with Gasteiger partial charge in [-0.05, 0) is 43.9 Å². The van der Waals surface area contributed by atoms with Crippen molar-refractivity contribution in [1.82, 2.24) is 15.5 Å². The van der Waals surface area contributed by atoms with E-state index in [-0.39, 0.29) is 23.9 Å². The van der Waals surface area contributed by atoms with Gasteiger partial charge in [-0.3, -0.25) is 4.79 Å². The van der Waals surface area contributed by atoms with Crippen LogP contribution in [0.1, 0.15) is 37.0 Å². The average Bonchev–Trinajstić information content (AvgIpc) is 2.63. The molecule has 0 aliphatic heterocycles. The van der Waals surface area contributed by atoms with E-state index in [4.69, 9.17) is 0 Å². The lowest BCUT2D eigenvalue weighted by atomic mass is 9.92. The van der Waals surface area contributed by atoms with Gasteiger partial charge in [0.1, 0.15) is 0 Å². The van der Waals surface area contributed by atoms with Gasteiger partial charge < -0.3 is 15.5 Å². The van der Waals surface area contributed by atoms with Crippen LogP contribution in [0.5, 0.6) is 0 Å². The number of carbonyl (C=O) groups is 2. The number of amides is 3. The summed E-state index contributed by atoms with van der Waals surface area (Å²) >= 11 is 0. The van der Waals surface area contributed by atoms with E-state index < -0.39 is 0 Å². The van der Waals surface area contributed by atoms with Crippen LogP contribution in [-0.2, 0) is 17.8 Å². The molecule has 2 rings (SSSR count). The van der Waals surface area contributed by atoms with Gasteiger partial charge in [-0.25, -0.2) is 4.79 Å². The summed E-state index contributed by atoms with van der Waals surface area (Å²) in [7, 11) is 1.78. The van der Waals surface area contributed by atoms with Gasteiger partial charge in [0, 0.05) is 32.1 Å². The van der Waals surface area contributed by atoms with Crippen molar-refractivity contribution >= 4 is 11.9 Å². The number of hydrogen-bond donors (Lipinski definition) is 2. The Bertz CT molecular complexity index is 787. The molecule has 0 radical (unpaired) electrons. The second-order valence-corrected chi connectivity index (χ2v) is 7.85. The number of nitrogens with one attached hydrogen (secondary N) is 2. The third kappa shape index (κ3) is 7.06. The molecular weight excluding hydrogens is 350 g/mol. The van der Waals surface area contributed by atoms with Crippen molar-refractivity contribution in [3.05, 3.63) is 71.3 Å². The number of benzene rings is 2. The molecule has 0 unspecified atom stereocenters. The normalized spacial score (nSPS) is 11.0. The Labute approximate surface area is 168 Å². The van der Waals surface area contributed by atoms with Gasteiger partial charge in [0.2, 0.25) is 5.91 Å². The molecular formula is C23H31N3O2. The third-order valence-electron chi connectivity index (χ3n) is 4.66. The fourth-order valence-electron chi connectivity index (χ4n) is 3.10. The second kappa shape index (κ2) is 9.93. The molecule has 0 saturated heterocycles. The summed E-state index contributed by atoms with van der Waals surface area (Å²) in [5.74, 6) is 0.00308. The summed E-state index contributed by atoms with van der Waals surface area (Å²) in [5.41, 5.74) is 3.13. The van der Waals surface area contributed by atoms with Crippen molar-refractivity contribution in [1.29, 1.82) is 0 Å². The fraction of sp³-hybridized carbons (Fsp3) is 0.391. The van der Waals surface area contributed by atoms with Gasteiger partial charge in [-0.15, -0.1) is 0 Å². The Balaban J connectivity index is 1.74. The highest BCUT2D eigenvalue weighted by atomic mass is 16.2. The number of aryl methyl sites for hydroxylation is 1. The maximum Gasteiger partial charge on any atom is 0.315 e. The van der Waals surface area contributed by atoms with E-state index in [0.717, 1.165) is 12.0 Å². The molecule has 28 heavy (non-hydrogen) atoms. The molecule has 0 aromatic heterocycles. The first-order valence-electron chi connectivity index (χ1n) is 9.65. The summed E-state index contributed by atoms with van der Waals surface area (Å²) in [6, 6.07) is 17.8. The predicted molar refractivity (Wildman–Crippen MR) is 113 cm³/mol. The molecule has 0 saturated carbocycles. The standard InChI is InChI=1S/C23H31N3O2/c1-18-10-8-9-13-20(18)16-23(2,3)25-22(28)24-15-14-21(27)26(4)17-19-11-6-5-7-12-19/h5-13H,14-17H2,1-4H3,(H2,24,25,28). The van der Waals surface area contributed by atoms with E-state index in [2.05, 4.69) is 29.7 Å². The molecule has 0 heterocycles. The van der Waals surface area contributed by atoms with Gasteiger partial charge in [0.15, 0.2) is 0 Å². The van der Waals surface area contributed by atoms with Crippen LogP contribution in [0, 0.1) is 6.92 Å². The van der Waals surface area contributed by atoms with Gasteiger partial charge in [0.05, 0.1) is 0 Å². The van der Waals surface area contributed by atoms with Crippen LogP contribution >= 0.6 is 0 Å². The Hall–Kier alpha value is -2.82. The first kappa shape index (κ1) is 21.5. The molecule has 2 aromatic rings. The molecule has 0 aliphatic carbocycles. The fourth-order valence-corrected chi connectivity index (χ4v) is 3.10. The van der Waals surface area contributed by atoms with Crippen molar-refractivity contribution in [3.8, 4) is 0 Å². The molecule has 0 aliphatic rings. The minimum atomic E-state index is -0.385. The van der Waals surface area contributed by atoms with Crippen molar-refractivity contribution in [2.75, 3.05) is 13.6 Å². The number of carbonyl (C=O) groups excluding carboxylic acids is 2. The first-order valence-corrected chi connectivity index (χ1v) is 9.65. The zero-order valence-electron chi connectivity index (χ0n) is 17.3. The Morgan fingerprint density at radius 1 is 1.00 bits per heavy atom. The number of rotatable bonds is 8. The summed E-state index contributed by atoms with van der Waals surface area (Å²) in [5, 5.41) is 5.79. The quantitative estimate of drug-likeness (QED) is 0.733. The van der Waals surface area contributed by atoms with Crippen LogP contribution in [0.15, 0.2) is 54.6 Å². The first-order chi connectivity index (χ1) is 13.3. The molecule has 0 bridgehead atoms. The summed E-state index contributed by atoms with van der Waals surface area (Å²) in [6.07, 6.45) is 1.01. The highest BCUT2D eigenvalue weighted by molar-refractivity contribution is 5.78. The largest absolute Gasteiger partial charge is 0.341 e. The van der Waals surface area contributed by atoms with Crippen LogP contribution in [0.3, 0.4) is 0 Å². The van der Waals surface area contributed by atoms with Crippen molar-refractivity contribution in [2.24, 2.45) is 0 Å². The lowest BCUT2D eigenvalue weighted by molar-refractivity contribution is -0.130. The van der Waals surface area contributed by atoms with E-state index in [1.54, 1.807) is 11.9 Å². The van der Waals surface area contributed by atoms with Crippen molar-refractivity contribution in [2.45, 2.75) is 45.7 Å². The highest BCUT2D eigenvalue weighted by Crippen LogP contribution is 2.16. The maximum absolute atomic E-state index is 12.2.